The van der Waals surface area contributed by atoms with E-state index in [1.165, 1.54) is 6.07 Å². The Labute approximate surface area is 173 Å². The zero-order chi connectivity index (χ0) is 21.3. The normalized spacial score (nSPS) is 11.1. The smallest absolute Gasteiger partial charge is 0.320 e. The third-order valence-electron chi connectivity index (χ3n) is 4.52. The Hall–Kier alpha value is -3.81. The first-order chi connectivity index (χ1) is 14.4. The number of rotatable bonds is 4. The molecule has 2 amide bonds. The Morgan fingerprint density at radius 1 is 1.10 bits per heavy atom. The number of halogens is 1. The predicted octanol–water partition coefficient (Wildman–Crippen LogP) is 4.44. The van der Waals surface area contributed by atoms with Gasteiger partial charge in [0.15, 0.2) is 5.65 Å². The number of benzene rings is 1. The molecular formula is C22H21FN6O. The lowest BCUT2D eigenvalue weighted by Crippen LogP contribution is -2.34. The Balaban J connectivity index is 1.83. The molecule has 0 aliphatic heterocycles. The summed E-state index contributed by atoms with van der Waals surface area (Å²) in [5.74, 6) is 0.131. The summed E-state index contributed by atoms with van der Waals surface area (Å²) in [7, 11) is 0. The van der Waals surface area contributed by atoms with Gasteiger partial charge in [0.05, 0.1) is 5.69 Å². The summed E-state index contributed by atoms with van der Waals surface area (Å²) in [5.41, 5.74) is 4.14. The van der Waals surface area contributed by atoms with Gasteiger partial charge in [-0.3, -0.25) is 5.32 Å². The Kier molecular flexibility index (Phi) is 5.14. The quantitative estimate of drug-likeness (QED) is 0.527. The molecule has 4 aromatic rings. The van der Waals surface area contributed by atoms with Crippen LogP contribution in [0.25, 0.3) is 28.2 Å². The SMILES string of the molecule is Cc1cc(-c2nc3cccnn3c2-c2ccnc(NC(=O)NC(C)C)c2)ccc1F. The van der Waals surface area contributed by atoms with Crippen LogP contribution in [0, 0.1) is 12.7 Å². The zero-order valence-corrected chi connectivity index (χ0v) is 16.8. The van der Waals surface area contributed by atoms with E-state index >= 15 is 0 Å². The summed E-state index contributed by atoms with van der Waals surface area (Å²) >= 11 is 0. The molecule has 7 nitrogen and oxygen atoms in total. The van der Waals surface area contributed by atoms with Gasteiger partial charge < -0.3 is 5.32 Å². The van der Waals surface area contributed by atoms with Crippen LogP contribution in [0.5, 0.6) is 0 Å². The molecule has 1 aromatic carbocycles. The minimum atomic E-state index is -0.333. The zero-order valence-electron chi connectivity index (χ0n) is 16.8. The Morgan fingerprint density at radius 3 is 2.70 bits per heavy atom. The fourth-order valence-corrected chi connectivity index (χ4v) is 3.20. The van der Waals surface area contributed by atoms with Crippen LogP contribution in [0.1, 0.15) is 19.4 Å². The molecular weight excluding hydrogens is 383 g/mol. The van der Waals surface area contributed by atoms with E-state index in [9.17, 15) is 9.18 Å². The molecule has 0 bridgehead atoms. The number of hydrogen-bond acceptors (Lipinski definition) is 4. The van der Waals surface area contributed by atoms with Crippen LogP contribution in [-0.4, -0.2) is 31.7 Å². The summed E-state index contributed by atoms with van der Waals surface area (Å²) < 4.78 is 15.5. The minimum Gasteiger partial charge on any atom is -0.336 e. The van der Waals surface area contributed by atoms with Crippen molar-refractivity contribution < 1.29 is 9.18 Å². The lowest BCUT2D eigenvalue weighted by Gasteiger charge is -2.11. The van der Waals surface area contributed by atoms with Gasteiger partial charge in [0, 0.05) is 29.6 Å². The molecule has 3 aromatic heterocycles. The number of nitrogens with one attached hydrogen (secondary N) is 2. The van der Waals surface area contributed by atoms with Crippen LogP contribution in [0.4, 0.5) is 15.0 Å². The molecule has 152 valence electrons. The van der Waals surface area contributed by atoms with Crippen LogP contribution < -0.4 is 10.6 Å². The maximum Gasteiger partial charge on any atom is 0.320 e. The molecule has 8 heteroatoms. The van der Waals surface area contributed by atoms with Crippen molar-refractivity contribution in [3.8, 4) is 22.5 Å². The first-order valence-corrected chi connectivity index (χ1v) is 9.56. The van der Waals surface area contributed by atoms with E-state index in [0.29, 0.717) is 22.7 Å². The number of fused-ring (bicyclic) bond motifs is 1. The summed E-state index contributed by atoms with van der Waals surface area (Å²) in [5, 5.41) is 9.94. The standard InChI is InChI=1S/C22H21FN6O/c1-13(2)26-22(30)27-18-12-16(8-10-24-18)21-20(15-6-7-17(23)14(3)11-15)28-19-5-4-9-25-29(19)21/h4-13H,1-3H3,(H2,24,26,27,30). The molecule has 0 radical (unpaired) electrons. The molecule has 0 fully saturated rings. The van der Waals surface area contributed by atoms with Crippen molar-refractivity contribution in [2.75, 3.05) is 5.32 Å². The Bertz CT molecular complexity index is 1230. The van der Waals surface area contributed by atoms with Crippen LogP contribution in [0.15, 0.2) is 54.9 Å². The summed E-state index contributed by atoms with van der Waals surface area (Å²) in [6, 6.07) is 11.8. The van der Waals surface area contributed by atoms with Crippen molar-refractivity contribution in [3.05, 3.63) is 66.2 Å². The predicted molar refractivity (Wildman–Crippen MR) is 114 cm³/mol. The average molecular weight is 404 g/mol. The number of carbonyl (C=O) groups excluding carboxylic acids is 1. The second-order valence-corrected chi connectivity index (χ2v) is 7.25. The highest BCUT2D eigenvalue weighted by atomic mass is 19.1. The molecule has 0 saturated heterocycles. The maximum atomic E-state index is 13.8. The number of urea groups is 1. The van der Waals surface area contributed by atoms with Gasteiger partial charge in [-0.25, -0.2) is 23.7 Å². The van der Waals surface area contributed by atoms with Crippen molar-refractivity contribution in [2.24, 2.45) is 0 Å². The second-order valence-electron chi connectivity index (χ2n) is 7.25. The van der Waals surface area contributed by atoms with Gasteiger partial charge in [0.25, 0.3) is 0 Å². The summed E-state index contributed by atoms with van der Waals surface area (Å²) in [4.78, 5) is 21.0. The molecule has 0 atom stereocenters. The van der Waals surface area contributed by atoms with Crippen molar-refractivity contribution in [1.82, 2.24) is 24.9 Å². The van der Waals surface area contributed by atoms with Gasteiger partial charge in [0.1, 0.15) is 17.3 Å². The largest absolute Gasteiger partial charge is 0.336 e. The molecule has 0 saturated carbocycles. The molecule has 0 spiro atoms. The Morgan fingerprint density at radius 2 is 1.93 bits per heavy atom. The molecule has 4 rings (SSSR count). The van der Waals surface area contributed by atoms with E-state index < -0.39 is 0 Å². The molecule has 0 aliphatic carbocycles. The number of imidazole rings is 1. The number of hydrogen-bond donors (Lipinski definition) is 2. The van der Waals surface area contributed by atoms with Crippen molar-refractivity contribution in [2.45, 2.75) is 26.8 Å². The van der Waals surface area contributed by atoms with Crippen LogP contribution in [0.3, 0.4) is 0 Å². The summed E-state index contributed by atoms with van der Waals surface area (Å²) in [6.07, 6.45) is 3.29. The van der Waals surface area contributed by atoms with Crippen LogP contribution >= 0.6 is 0 Å². The number of anilines is 1. The van der Waals surface area contributed by atoms with E-state index in [2.05, 4.69) is 20.7 Å². The monoisotopic (exact) mass is 404 g/mol. The van der Waals surface area contributed by atoms with Gasteiger partial charge in [0.2, 0.25) is 0 Å². The number of pyridine rings is 1. The van der Waals surface area contributed by atoms with Crippen molar-refractivity contribution in [3.63, 3.8) is 0 Å². The molecule has 0 unspecified atom stereocenters. The third kappa shape index (κ3) is 3.84. The number of aromatic nitrogens is 4. The lowest BCUT2D eigenvalue weighted by molar-refractivity contribution is 0.250. The van der Waals surface area contributed by atoms with E-state index in [0.717, 1.165) is 16.8 Å². The van der Waals surface area contributed by atoms with E-state index in [1.54, 1.807) is 42.0 Å². The summed E-state index contributed by atoms with van der Waals surface area (Å²) in [6.45, 7) is 5.48. The second kappa shape index (κ2) is 7.90. The molecule has 3 heterocycles. The number of carbonyl (C=O) groups is 1. The van der Waals surface area contributed by atoms with Gasteiger partial charge >= 0.3 is 6.03 Å². The van der Waals surface area contributed by atoms with Crippen LogP contribution in [0.2, 0.25) is 0 Å². The van der Waals surface area contributed by atoms with Crippen molar-refractivity contribution >= 4 is 17.5 Å². The van der Waals surface area contributed by atoms with E-state index in [-0.39, 0.29) is 17.9 Å². The van der Waals surface area contributed by atoms with Crippen molar-refractivity contribution in [1.29, 1.82) is 0 Å². The number of aryl methyl sites for hydroxylation is 1. The minimum absolute atomic E-state index is 0.00414. The highest BCUT2D eigenvalue weighted by Crippen LogP contribution is 2.33. The molecule has 0 aliphatic rings. The van der Waals surface area contributed by atoms with Gasteiger partial charge in [-0.05, 0) is 68.8 Å². The van der Waals surface area contributed by atoms with Gasteiger partial charge in [-0.2, -0.15) is 5.10 Å². The fourth-order valence-electron chi connectivity index (χ4n) is 3.20. The maximum absolute atomic E-state index is 13.8. The highest BCUT2D eigenvalue weighted by molar-refractivity contribution is 5.90. The first-order valence-electron chi connectivity index (χ1n) is 9.56. The highest BCUT2D eigenvalue weighted by Gasteiger charge is 2.18. The average Bonchev–Trinajstić information content (AvgIpc) is 3.09. The number of amides is 2. The van der Waals surface area contributed by atoms with Gasteiger partial charge in [-0.1, -0.05) is 0 Å². The molecule has 2 N–H and O–H groups in total. The van der Waals surface area contributed by atoms with Crippen LogP contribution in [-0.2, 0) is 0 Å². The molecule has 30 heavy (non-hydrogen) atoms. The fraction of sp³-hybridized carbons (Fsp3) is 0.182. The third-order valence-corrected chi connectivity index (χ3v) is 4.52. The number of nitrogens with zero attached hydrogens (tertiary/aromatic N) is 4. The lowest BCUT2D eigenvalue weighted by atomic mass is 10.0. The van der Waals surface area contributed by atoms with E-state index in [4.69, 9.17) is 4.98 Å². The van der Waals surface area contributed by atoms with E-state index in [1.807, 2.05) is 32.0 Å². The first kappa shape index (κ1) is 19.5. The van der Waals surface area contributed by atoms with Gasteiger partial charge in [-0.15, -0.1) is 0 Å². The topological polar surface area (TPSA) is 84.2 Å².